The average Bonchev–Trinajstić information content (AvgIpc) is 2.38. The van der Waals surface area contributed by atoms with Crippen LogP contribution >= 0.6 is 0 Å². The lowest BCUT2D eigenvalue weighted by Gasteiger charge is -2.19. The van der Waals surface area contributed by atoms with Crippen molar-refractivity contribution < 1.29 is 9.53 Å². The van der Waals surface area contributed by atoms with Gasteiger partial charge in [-0.25, -0.2) is 0 Å². The van der Waals surface area contributed by atoms with Crippen LogP contribution in [-0.4, -0.2) is 31.5 Å². The topological polar surface area (TPSA) is 29.5 Å². The van der Waals surface area contributed by atoms with Crippen molar-refractivity contribution in [3.63, 3.8) is 0 Å². The van der Waals surface area contributed by atoms with E-state index in [0.717, 1.165) is 18.5 Å². The standard InChI is InChI=1S/C12H15NO2/c1-13-8-7-9-5-3-4-6-10(9)11(15-2)12(13)14/h3-6,11H,7-8H2,1-2H3. The van der Waals surface area contributed by atoms with E-state index in [1.807, 2.05) is 25.2 Å². The molecule has 15 heavy (non-hydrogen) atoms. The zero-order valence-electron chi connectivity index (χ0n) is 9.06. The maximum Gasteiger partial charge on any atom is 0.256 e. The summed E-state index contributed by atoms with van der Waals surface area (Å²) in [6.07, 6.45) is 0.465. The lowest BCUT2D eigenvalue weighted by atomic mass is 10.0. The minimum atomic E-state index is -0.436. The van der Waals surface area contributed by atoms with Crippen molar-refractivity contribution in [2.45, 2.75) is 12.5 Å². The van der Waals surface area contributed by atoms with E-state index in [2.05, 4.69) is 6.07 Å². The molecule has 0 fully saturated rings. The van der Waals surface area contributed by atoms with Gasteiger partial charge in [-0.1, -0.05) is 24.3 Å². The highest BCUT2D eigenvalue weighted by Crippen LogP contribution is 2.26. The molecular formula is C12H15NO2. The molecule has 1 unspecified atom stereocenters. The van der Waals surface area contributed by atoms with Gasteiger partial charge in [0.1, 0.15) is 0 Å². The molecule has 0 spiro atoms. The molecule has 1 atom stereocenters. The largest absolute Gasteiger partial charge is 0.367 e. The number of ether oxygens (including phenoxy) is 1. The molecule has 0 saturated heterocycles. The number of carbonyl (C=O) groups is 1. The second-order valence-corrected chi connectivity index (χ2v) is 3.82. The van der Waals surface area contributed by atoms with Crippen molar-refractivity contribution in [1.29, 1.82) is 0 Å². The van der Waals surface area contributed by atoms with Crippen LogP contribution in [0.15, 0.2) is 24.3 Å². The Hall–Kier alpha value is -1.35. The Kier molecular flexibility index (Phi) is 2.73. The highest BCUT2D eigenvalue weighted by atomic mass is 16.5. The maximum atomic E-state index is 11.9. The number of likely N-dealkylation sites (N-methyl/N-ethyl adjacent to an activating group) is 1. The van der Waals surface area contributed by atoms with Gasteiger partial charge in [0, 0.05) is 20.7 Å². The van der Waals surface area contributed by atoms with Gasteiger partial charge in [0.05, 0.1) is 0 Å². The Morgan fingerprint density at radius 1 is 1.40 bits per heavy atom. The SMILES string of the molecule is COC1C(=O)N(C)CCc2ccccc21. The summed E-state index contributed by atoms with van der Waals surface area (Å²) in [6.45, 7) is 0.760. The summed E-state index contributed by atoms with van der Waals surface area (Å²) in [5, 5.41) is 0. The molecule has 0 radical (unpaired) electrons. The van der Waals surface area contributed by atoms with E-state index in [-0.39, 0.29) is 5.91 Å². The van der Waals surface area contributed by atoms with Gasteiger partial charge < -0.3 is 9.64 Å². The summed E-state index contributed by atoms with van der Waals surface area (Å²) in [6, 6.07) is 7.99. The van der Waals surface area contributed by atoms with Gasteiger partial charge in [-0.2, -0.15) is 0 Å². The molecule has 1 aromatic carbocycles. The van der Waals surface area contributed by atoms with E-state index in [4.69, 9.17) is 4.74 Å². The minimum absolute atomic E-state index is 0.0439. The molecule has 2 rings (SSSR count). The second kappa shape index (κ2) is 4.03. The fourth-order valence-electron chi connectivity index (χ4n) is 1.98. The van der Waals surface area contributed by atoms with Crippen molar-refractivity contribution in [3.8, 4) is 0 Å². The van der Waals surface area contributed by atoms with Crippen LogP contribution in [0.25, 0.3) is 0 Å². The Balaban J connectivity index is 2.45. The zero-order chi connectivity index (χ0) is 10.8. The maximum absolute atomic E-state index is 11.9. The third kappa shape index (κ3) is 1.75. The molecule has 0 bridgehead atoms. The Labute approximate surface area is 89.7 Å². The summed E-state index contributed by atoms with van der Waals surface area (Å²) in [7, 11) is 3.40. The lowest BCUT2D eigenvalue weighted by molar-refractivity contribution is -0.140. The first-order chi connectivity index (χ1) is 7.24. The third-order valence-electron chi connectivity index (χ3n) is 2.89. The third-order valence-corrected chi connectivity index (χ3v) is 2.89. The van der Waals surface area contributed by atoms with E-state index < -0.39 is 6.10 Å². The second-order valence-electron chi connectivity index (χ2n) is 3.82. The number of carbonyl (C=O) groups excluding carboxylic acids is 1. The lowest BCUT2D eigenvalue weighted by Crippen LogP contribution is -2.31. The summed E-state index contributed by atoms with van der Waals surface area (Å²) >= 11 is 0. The van der Waals surface area contributed by atoms with Crippen molar-refractivity contribution >= 4 is 5.91 Å². The van der Waals surface area contributed by atoms with Crippen molar-refractivity contribution in [2.75, 3.05) is 20.7 Å². The fourth-order valence-corrected chi connectivity index (χ4v) is 1.98. The molecule has 1 aliphatic rings. The quantitative estimate of drug-likeness (QED) is 0.693. The van der Waals surface area contributed by atoms with Gasteiger partial charge in [0.25, 0.3) is 5.91 Å². The van der Waals surface area contributed by atoms with Crippen LogP contribution in [0.5, 0.6) is 0 Å². The van der Waals surface area contributed by atoms with Crippen LogP contribution in [0, 0.1) is 0 Å². The van der Waals surface area contributed by atoms with E-state index in [0.29, 0.717) is 0 Å². The monoisotopic (exact) mass is 205 g/mol. The molecule has 1 amide bonds. The average molecular weight is 205 g/mol. The smallest absolute Gasteiger partial charge is 0.256 e. The van der Waals surface area contributed by atoms with Gasteiger partial charge in [0.15, 0.2) is 6.10 Å². The highest BCUT2D eigenvalue weighted by molar-refractivity contribution is 5.83. The first-order valence-corrected chi connectivity index (χ1v) is 5.09. The Bertz CT molecular complexity index is 376. The van der Waals surface area contributed by atoms with Gasteiger partial charge in [-0.3, -0.25) is 4.79 Å². The molecule has 1 heterocycles. The number of methoxy groups -OCH3 is 1. The van der Waals surface area contributed by atoms with Gasteiger partial charge in [-0.15, -0.1) is 0 Å². The van der Waals surface area contributed by atoms with Crippen LogP contribution in [0.2, 0.25) is 0 Å². The number of nitrogens with zero attached hydrogens (tertiary/aromatic N) is 1. The Morgan fingerprint density at radius 2 is 2.13 bits per heavy atom. The van der Waals surface area contributed by atoms with Gasteiger partial charge in [-0.05, 0) is 17.5 Å². The van der Waals surface area contributed by atoms with Gasteiger partial charge in [0.2, 0.25) is 0 Å². The molecule has 1 aromatic rings. The van der Waals surface area contributed by atoms with E-state index in [1.165, 1.54) is 5.56 Å². The number of benzene rings is 1. The summed E-state index contributed by atoms with van der Waals surface area (Å²) in [5.41, 5.74) is 2.22. The van der Waals surface area contributed by atoms with Crippen LogP contribution in [0.4, 0.5) is 0 Å². The normalized spacial score (nSPS) is 21.1. The predicted molar refractivity (Wildman–Crippen MR) is 57.5 cm³/mol. The minimum Gasteiger partial charge on any atom is -0.367 e. The summed E-state index contributed by atoms with van der Waals surface area (Å²) < 4.78 is 5.29. The molecule has 0 N–H and O–H groups in total. The highest BCUT2D eigenvalue weighted by Gasteiger charge is 2.28. The van der Waals surface area contributed by atoms with Crippen molar-refractivity contribution in [2.24, 2.45) is 0 Å². The van der Waals surface area contributed by atoms with E-state index >= 15 is 0 Å². The first kappa shape index (κ1) is 10.2. The number of hydrogen-bond acceptors (Lipinski definition) is 2. The number of amides is 1. The Morgan fingerprint density at radius 3 is 2.87 bits per heavy atom. The summed E-state index contributed by atoms with van der Waals surface area (Å²) in [5.74, 6) is 0.0439. The summed E-state index contributed by atoms with van der Waals surface area (Å²) in [4.78, 5) is 13.7. The van der Waals surface area contributed by atoms with Crippen LogP contribution in [-0.2, 0) is 16.0 Å². The molecule has 0 saturated carbocycles. The number of rotatable bonds is 1. The van der Waals surface area contributed by atoms with Crippen molar-refractivity contribution in [3.05, 3.63) is 35.4 Å². The number of hydrogen-bond donors (Lipinski definition) is 0. The molecule has 1 aliphatic heterocycles. The van der Waals surface area contributed by atoms with E-state index in [9.17, 15) is 4.79 Å². The molecule has 0 aromatic heterocycles. The molecule has 3 heteroatoms. The van der Waals surface area contributed by atoms with Crippen LogP contribution < -0.4 is 0 Å². The number of fused-ring (bicyclic) bond motifs is 1. The van der Waals surface area contributed by atoms with Crippen LogP contribution in [0.1, 0.15) is 17.2 Å². The molecule has 80 valence electrons. The van der Waals surface area contributed by atoms with Crippen molar-refractivity contribution in [1.82, 2.24) is 4.90 Å². The van der Waals surface area contributed by atoms with E-state index in [1.54, 1.807) is 12.0 Å². The first-order valence-electron chi connectivity index (χ1n) is 5.09. The molecule has 0 aliphatic carbocycles. The zero-order valence-corrected chi connectivity index (χ0v) is 9.06. The fraction of sp³-hybridized carbons (Fsp3) is 0.417. The molecule has 3 nitrogen and oxygen atoms in total. The predicted octanol–water partition coefficient (Wildman–Crippen LogP) is 1.39. The van der Waals surface area contributed by atoms with Gasteiger partial charge >= 0.3 is 0 Å². The molecular weight excluding hydrogens is 190 g/mol. The van der Waals surface area contributed by atoms with Crippen LogP contribution in [0.3, 0.4) is 0 Å².